The van der Waals surface area contributed by atoms with Crippen LogP contribution in [0.25, 0.3) is 0 Å². The van der Waals surface area contributed by atoms with Gasteiger partial charge in [0.05, 0.1) is 4.47 Å². The second kappa shape index (κ2) is 3.11. The zero-order valence-electron chi connectivity index (χ0n) is 7.91. The Hall–Kier alpha value is -0.770. The summed E-state index contributed by atoms with van der Waals surface area (Å²) < 4.78 is 13.8. The fourth-order valence-corrected chi connectivity index (χ4v) is 3.12. The zero-order chi connectivity index (χ0) is 10.6. The van der Waals surface area contributed by atoms with Crippen LogP contribution in [0, 0.1) is 16.6 Å². The molecular weight excluding hydrogens is 261 g/mol. The molecule has 0 aliphatic heterocycles. The molecule has 1 fully saturated rings. The third kappa shape index (κ3) is 1.20. The van der Waals surface area contributed by atoms with Gasteiger partial charge in [0.15, 0.2) is 0 Å². The smallest absolute Gasteiger partial charge is 0.137 e. The molecule has 0 heterocycles. The lowest BCUT2D eigenvalue weighted by atomic mass is 9.60. The summed E-state index contributed by atoms with van der Waals surface area (Å²) >= 11 is 3.15. The minimum atomic E-state index is -0.262. The molecule has 0 N–H and O–H groups in total. The van der Waals surface area contributed by atoms with Crippen LogP contribution < -0.4 is 0 Å². The maximum Gasteiger partial charge on any atom is 0.137 e. The lowest BCUT2D eigenvalue weighted by Crippen LogP contribution is -2.33. The molecule has 4 rings (SSSR count). The average molecular weight is 270 g/mol. The second-order valence-electron chi connectivity index (χ2n) is 4.37. The Morgan fingerprint density at radius 3 is 2.73 bits per heavy atom. The monoisotopic (exact) mass is 269 g/mol. The van der Waals surface area contributed by atoms with Gasteiger partial charge in [0.2, 0.25) is 0 Å². The van der Waals surface area contributed by atoms with E-state index in [1.54, 1.807) is 12.1 Å². The molecule has 4 heteroatoms. The highest BCUT2D eigenvalue weighted by Crippen LogP contribution is 2.56. The van der Waals surface area contributed by atoms with Crippen LogP contribution in [0.15, 0.2) is 21.8 Å². The van der Waals surface area contributed by atoms with E-state index in [1.807, 2.05) is 0 Å². The maximum atomic E-state index is 13.4. The number of hydrogen-bond donors (Lipinski definition) is 0. The Labute approximate surface area is 95.0 Å². The summed E-state index contributed by atoms with van der Waals surface area (Å²) in [5, 5.41) is 3.19. The van der Waals surface area contributed by atoms with Crippen molar-refractivity contribution in [3.63, 3.8) is 0 Å². The first-order valence-corrected chi connectivity index (χ1v) is 5.81. The fraction of sp³-hybridized carbons (Fsp3) is 0.455. The number of nitrogens with zero attached hydrogens (tertiary/aromatic N) is 1. The van der Waals surface area contributed by atoms with Crippen molar-refractivity contribution in [3.05, 3.63) is 38.5 Å². The van der Waals surface area contributed by atoms with Gasteiger partial charge in [0.1, 0.15) is 11.9 Å². The third-order valence-corrected chi connectivity index (χ3v) is 4.23. The van der Waals surface area contributed by atoms with Crippen molar-refractivity contribution in [3.8, 4) is 0 Å². The van der Waals surface area contributed by atoms with E-state index in [-0.39, 0.29) is 11.9 Å². The molecule has 78 valence electrons. The van der Waals surface area contributed by atoms with Crippen molar-refractivity contribution < 1.29 is 4.39 Å². The molecule has 0 spiro atoms. The van der Waals surface area contributed by atoms with Crippen LogP contribution in [0.4, 0.5) is 4.39 Å². The van der Waals surface area contributed by atoms with Crippen molar-refractivity contribution in [2.75, 3.05) is 0 Å². The third-order valence-electron chi connectivity index (χ3n) is 3.62. The van der Waals surface area contributed by atoms with E-state index in [0.29, 0.717) is 16.3 Å². The second-order valence-corrected chi connectivity index (χ2v) is 5.23. The molecule has 2 bridgehead atoms. The summed E-state index contributed by atoms with van der Waals surface area (Å²) in [5.74, 6) is 0.590. The van der Waals surface area contributed by atoms with E-state index in [1.165, 1.54) is 0 Å². The van der Waals surface area contributed by atoms with Crippen molar-refractivity contribution in [1.29, 1.82) is 0 Å². The predicted molar refractivity (Wildman–Crippen MR) is 58.1 cm³/mol. The van der Waals surface area contributed by atoms with Crippen LogP contribution in [0.5, 0.6) is 0 Å². The molecule has 3 aliphatic carbocycles. The molecule has 1 unspecified atom stereocenters. The van der Waals surface area contributed by atoms with Gasteiger partial charge in [0, 0.05) is 0 Å². The highest BCUT2D eigenvalue weighted by atomic mass is 79.9. The van der Waals surface area contributed by atoms with Crippen LogP contribution >= 0.6 is 15.9 Å². The van der Waals surface area contributed by atoms with Gasteiger partial charge in [-0.2, -0.15) is 4.91 Å². The van der Waals surface area contributed by atoms with Crippen LogP contribution in [0.3, 0.4) is 0 Å². The summed E-state index contributed by atoms with van der Waals surface area (Å²) in [6.45, 7) is 0. The predicted octanol–water partition coefficient (Wildman–Crippen LogP) is 3.90. The number of hydrogen-bond acceptors (Lipinski definition) is 2. The Morgan fingerprint density at radius 1 is 1.33 bits per heavy atom. The SMILES string of the molecule is O=NC1c2cc(Br)c(F)cc2C2CC1C2. The van der Waals surface area contributed by atoms with Crippen LogP contribution in [0.1, 0.15) is 35.9 Å². The van der Waals surface area contributed by atoms with E-state index < -0.39 is 0 Å². The summed E-state index contributed by atoms with van der Waals surface area (Å²) in [5.41, 5.74) is 1.91. The maximum absolute atomic E-state index is 13.4. The van der Waals surface area contributed by atoms with Crippen LogP contribution in [0.2, 0.25) is 0 Å². The van der Waals surface area contributed by atoms with Gasteiger partial charge < -0.3 is 0 Å². The number of benzene rings is 1. The van der Waals surface area contributed by atoms with E-state index in [2.05, 4.69) is 21.1 Å². The fourth-order valence-electron chi connectivity index (χ4n) is 2.76. The van der Waals surface area contributed by atoms with E-state index in [0.717, 1.165) is 24.0 Å². The lowest BCUT2D eigenvalue weighted by Gasteiger charge is -2.45. The number of halogens is 2. The largest absolute Gasteiger partial charge is 0.206 e. The van der Waals surface area contributed by atoms with Gasteiger partial charge in [-0.05, 0) is 63.9 Å². The first kappa shape index (κ1) is 9.46. The number of nitroso groups, excluding NO2 is 1. The van der Waals surface area contributed by atoms with Gasteiger partial charge in [-0.1, -0.05) is 5.18 Å². The molecular formula is C11H9BrFNO. The average Bonchev–Trinajstić information content (AvgIpc) is 2.16. The van der Waals surface area contributed by atoms with Crippen LogP contribution in [-0.2, 0) is 0 Å². The quantitative estimate of drug-likeness (QED) is 0.711. The Kier molecular flexibility index (Phi) is 1.96. The van der Waals surface area contributed by atoms with Gasteiger partial charge >= 0.3 is 0 Å². The molecule has 15 heavy (non-hydrogen) atoms. The van der Waals surface area contributed by atoms with Gasteiger partial charge in [-0.25, -0.2) is 4.39 Å². The van der Waals surface area contributed by atoms with E-state index in [4.69, 9.17) is 0 Å². The van der Waals surface area contributed by atoms with E-state index in [9.17, 15) is 9.30 Å². The highest BCUT2D eigenvalue weighted by molar-refractivity contribution is 9.10. The molecule has 0 radical (unpaired) electrons. The minimum absolute atomic E-state index is 0.247. The zero-order valence-corrected chi connectivity index (χ0v) is 9.50. The van der Waals surface area contributed by atoms with Gasteiger partial charge in [-0.3, -0.25) is 0 Å². The molecule has 1 aromatic carbocycles. The normalized spacial score (nSPS) is 31.7. The summed E-state index contributed by atoms with van der Waals surface area (Å²) in [4.78, 5) is 10.8. The summed E-state index contributed by atoms with van der Waals surface area (Å²) in [6, 6.07) is 3.01. The molecule has 1 saturated carbocycles. The van der Waals surface area contributed by atoms with Gasteiger partial charge in [-0.15, -0.1) is 0 Å². The van der Waals surface area contributed by atoms with E-state index >= 15 is 0 Å². The van der Waals surface area contributed by atoms with Crippen molar-refractivity contribution >= 4 is 15.9 Å². The standard InChI is InChI=1S/C11H9BrFNO/c12-9-3-8-7(4-10(9)13)5-1-6(2-5)11(8)14-15/h3-6,11H,1-2H2. The molecule has 0 saturated heterocycles. The van der Waals surface area contributed by atoms with Crippen molar-refractivity contribution in [2.45, 2.75) is 24.8 Å². The van der Waals surface area contributed by atoms with Crippen molar-refractivity contribution in [2.24, 2.45) is 11.1 Å². The first-order valence-electron chi connectivity index (χ1n) is 5.02. The Balaban J connectivity index is 2.19. The lowest BCUT2D eigenvalue weighted by molar-refractivity contribution is 0.194. The highest BCUT2D eigenvalue weighted by Gasteiger charge is 2.45. The minimum Gasteiger partial charge on any atom is -0.206 e. The molecule has 2 nitrogen and oxygen atoms in total. The Bertz CT molecular complexity index is 442. The van der Waals surface area contributed by atoms with Crippen molar-refractivity contribution in [1.82, 2.24) is 0 Å². The Morgan fingerprint density at radius 2 is 2.07 bits per heavy atom. The molecule has 1 atom stereocenters. The summed E-state index contributed by atoms with van der Waals surface area (Å²) in [7, 11) is 0. The number of rotatable bonds is 1. The topological polar surface area (TPSA) is 29.4 Å². The van der Waals surface area contributed by atoms with Crippen LogP contribution in [-0.4, -0.2) is 0 Å². The molecule has 0 aromatic heterocycles. The first-order chi connectivity index (χ1) is 7.20. The van der Waals surface area contributed by atoms with Gasteiger partial charge in [0.25, 0.3) is 0 Å². The molecule has 0 amide bonds. The molecule has 3 aliphatic rings. The summed E-state index contributed by atoms with van der Waals surface area (Å²) in [6.07, 6.45) is 1.98. The molecule has 1 aromatic rings.